The quantitative estimate of drug-likeness (QED) is 0.231. The van der Waals surface area contributed by atoms with Gasteiger partial charge in [-0.2, -0.15) is 0 Å². The molecule has 4 heterocycles. The molecule has 8 rings (SSSR count). The number of hydrogen-bond donors (Lipinski definition) is 5. The van der Waals surface area contributed by atoms with Crippen molar-refractivity contribution in [3.63, 3.8) is 0 Å². The first kappa shape index (κ1) is 40.9. The molecule has 2 saturated carbocycles. The Kier molecular flexibility index (Phi) is 12.5. The van der Waals surface area contributed by atoms with Crippen LogP contribution in [-0.4, -0.2) is 137 Å². The highest BCUT2D eigenvalue weighted by atomic mass is 19.1. The predicted octanol–water partition coefficient (Wildman–Crippen LogP) is 3.67. The molecule has 0 aromatic heterocycles. The van der Waals surface area contributed by atoms with Crippen LogP contribution in [0.4, 0.5) is 20.2 Å². The minimum absolute atomic E-state index is 0.0160. The number of halogens is 2. The smallest absolute Gasteiger partial charge is 0.249 e. The van der Waals surface area contributed by atoms with E-state index >= 15 is 0 Å². The molecule has 2 aliphatic carbocycles. The molecule has 58 heavy (non-hydrogen) atoms. The van der Waals surface area contributed by atoms with Crippen LogP contribution in [0.2, 0.25) is 0 Å². The van der Waals surface area contributed by atoms with E-state index in [0.29, 0.717) is 56.5 Å². The van der Waals surface area contributed by atoms with Crippen molar-refractivity contribution in [1.82, 2.24) is 30.2 Å². The van der Waals surface area contributed by atoms with Gasteiger partial charge in [-0.05, 0) is 94.9 Å². The number of aliphatic hydroxyl groups excluding tert-OH is 1. The summed E-state index contributed by atoms with van der Waals surface area (Å²) >= 11 is 0. The lowest BCUT2D eigenvalue weighted by Gasteiger charge is -2.38. The van der Waals surface area contributed by atoms with Crippen molar-refractivity contribution in [3.8, 4) is 0 Å². The van der Waals surface area contributed by atoms with E-state index in [1.54, 1.807) is 17.0 Å². The van der Waals surface area contributed by atoms with Crippen molar-refractivity contribution in [3.05, 3.63) is 58.2 Å². The highest BCUT2D eigenvalue weighted by molar-refractivity contribution is 5.88. The largest absolute Gasteiger partial charge is 0.387 e. The van der Waals surface area contributed by atoms with Crippen LogP contribution in [0.3, 0.4) is 0 Å². The molecule has 4 aliphatic heterocycles. The van der Waals surface area contributed by atoms with Gasteiger partial charge in [0.15, 0.2) is 0 Å². The minimum Gasteiger partial charge on any atom is -0.387 e. The van der Waals surface area contributed by atoms with Gasteiger partial charge in [-0.25, -0.2) is 8.78 Å². The van der Waals surface area contributed by atoms with E-state index in [4.69, 9.17) is 0 Å². The van der Waals surface area contributed by atoms with E-state index in [2.05, 4.69) is 31.1 Å². The first-order chi connectivity index (χ1) is 28.0. The molecule has 0 bridgehead atoms. The fourth-order valence-corrected chi connectivity index (χ4v) is 10.8. The number of benzene rings is 2. The van der Waals surface area contributed by atoms with E-state index < -0.39 is 12.6 Å². The molecule has 2 saturated heterocycles. The Morgan fingerprint density at radius 1 is 0.828 bits per heavy atom. The molecular weight excluding hydrogens is 743 g/mol. The van der Waals surface area contributed by atoms with E-state index in [0.717, 1.165) is 105 Å². The SMILES string of the molecule is Cc1ccc(F)c2c1NC(CN[C@@H]1CCC[C@@H](N3CCC(=O)N(CN(C(=O)CO)C4CCN([C@H]5CCC[C@@H](NC(=O)C6Cc7c(F)ccc(C)c7N6)C5)C4)CC3)C1)C2. The summed E-state index contributed by atoms with van der Waals surface area (Å²) < 4.78 is 28.9. The van der Waals surface area contributed by atoms with E-state index in [1.165, 1.54) is 6.07 Å². The number of aliphatic hydroxyl groups is 1. The number of carbonyl (C=O) groups excluding carboxylic acids is 3. The van der Waals surface area contributed by atoms with Gasteiger partial charge in [0, 0.05) is 111 Å². The maximum absolute atomic E-state index is 14.5. The van der Waals surface area contributed by atoms with Gasteiger partial charge in [-0.15, -0.1) is 0 Å². The summed E-state index contributed by atoms with van der Waals surface area (Å²) in [6.45, 7) is 7.73. The molecule has 4 fully saturated rings. The Morgan fingerprint density at radius 3 is 2.21 bits per heavy atom. The van der Waals surface area contributed by atoms with Crippen molar-refractivity contribution < 1.29 is 28.3 Å². The third-order valence-electron chi connectivity index (χ3n) is 14.1. The number of rotatable bonds is 11. The Balaban J connectivity index is 0.809. The number of anilines is 2. The van der Waals surface area contributed by atoms with Crippen molar-refractivity contribution in [2.24, 2.45) is 0 Å². The highest BCUT2D eigenvalue weighted by Gasteiger charge is 2.39. The predicted molar refractivity (Wildman–Crippen MR) is 219 cm³/mol. The molecule has 7 atom stereocenters. The molecule has 0 spiro atoms. The van der Waals surface area contributed by atoms with Crippen LogP contribution >= 0.6 is 0 Å². The zero-order valence-electron chi connectivity index (χ0n) is 34.2. The molecule has 3 unspecified atom stereocenters. The number of nitrogens with zero attached hydrogens (tertiary/aromatic N) is 4. The van der Waals surface area contributed by atoms with Crippen molar-refractivity contribution in [2.75, 3.05) is 63.2 Å². The van der Waals surface area contributed by atoms with Gasteiger partial charge in [-0.1, -0.05) is 18.6 Å². The number of amides is 3. The van der Waals surface area contributed by atoms with Gasteiger partial charge in [0.25, 0.3) is 0 Å². The number of likely N-dealkylation sites (tertiary alicyclic amines) is 1. The number of aryl methyl sites for hydroxylation is 2. The van der Waals surface area contributed by atoms with Gasteiger partial charge < -0.3 is 36.2 Å². The van der Waals surface area contributed by atoms with E-state index in [-0.39, 0.29) is 60.2 Å². The molecule has 0 radical (unpaired) electrons. The summed E-state index contributed by atoms with van der Waals surface area (Å²) in [7, 11) is 0. The van der Waals surface area contributed by atoms with Gasteiger partial charge in [0.2, 0.25) is 17.7 Å². The van der Waals surface area contributed by atoms with Gasteiger partial charge in [0.1, 0.15) is 24.3 Å². The van der Waals surface area contributed by atoms with Gasteiger partial charge >= 0.3 is 0 Å². The average molecular weight is 805 g/mol. The average Bonchev–Trinajstić information content (AvgIpc) is 3.99. The third kappa shape index (κ3) is 8.85. The molecule has 2 aromatic carbocycles. The van der Waals surface area contributed by atoms with Crippen LogP contribution in [0.15, 0.2) is 24.3 Å². The Labute approximate surface area is 341 Å². The zero-order valence-corrected chi connectivity index (χ0v) is 34.2. The maximum Gasteiger partial charge on any atom is 0.249 e. The Hall–Kier alpha value is -3.85. The monoisotopic (exact) mass is 804 g/mol. The van der Waals surface area contributed by atoms with Crippen molar-refractivity contribution in [2.45, 2.75) is 133 Å². The summed E-state index contributed by atoms with van der Waals surface area (Å²) in [5, 5.41) is 23.9. The van der Waals surface area contributed by atoms with Gasteiger partial charge in [0.05, 0.1) is 6.67 Å². The van der Waals surface area contributed by atoms with Crippen molar-refractivity contribution >= 4 is 29.1 Å². The molecule has 5 N–H and O–H groups in total. The molecular formula is C44H62F2N8O4. The summed E-state index contributed by atoms with van der Waals surface area (Å²) in [6, 6.07) is 7.15. The van der Waals surface area contributed by atoms with Crippen LogP contribution in [0.5, 0.6) is 0 Å². The second-order valence-corrected chi connectivity index (χ2v) is 17.9. The lowest BCUT2D eigenvalue weighted by atomic mass is 9.89. The second-order valence-electron chi connectivity index (χ2n) is 17.9. The summed E-state index contributed by atoms with van der Waals surface area (Å²) in [5.41, 5.74) is 5.04. The summed E-state index contributed by atoms with van der Waals surface area (Å²) in [5.74, 6) is -0.831. The number of fused-ring (bicyclic) bond motifs is 2. The molecule has 316 valence electrons. The normalized spacial score (nSPS) is 29.0. The van der Waals surface area contributed by atoms with Crippen LogP contribution in [-0.2, 0) is 27.2 Å². The second kappa shape index (κ2) is 17.8. The van der Waals surface area contributed by atoms with Crippen LogP contribution in [0.1, 0.15) is 86.5 Å². The fraction of sp³-hybridized carbons (Fsp3) is 0.659. The molecule has 2 aromatic rings. The Bertz CT molecular complexity index is 1790. The van der Waals surface area contributed by atoms with E-state index in [1.807, 2.05) is 24.8 Å². The maximum atomic E-state index is 14.5. The third-order valence-corrected chi connectivity index (χ3v) is 14.1. The summed E-state index contributed by atoms with van der Waals surface area (Å²) in [6.07, 6.45) is 10.2. The zero-order chi connectivity index (χ0) is 40.5. The van der Waals surface area contributed by atoms with Crippen LogP contribution < -0.4 is 21.3 Å². The van der Waals surface area contributed by atoms with Gasteiger partial charge in [-0.3, -0.25) is 24.2 Å². The van der Waals surface area contributed by atoms with Crippen LogP contribution in [0.25, 0.3) is 0 Å². The lowest BCUT2D eigenvalue weighted by Crippen LogP contribution is -2.52. The molecule has 6 aliphatic rings. The topological polar surface area (TPSA) is 133 Å². The number of carbonyl (C=O) groups is 3. The standard InChI is InChI=1S/C44H62F2N8O4/c1-27-9-11-37(45)35-21-31(48-42(27)35)23-47-29-5-3-7-32(19-29)51-16-14-40(56)53(18-17-51)26-54(41(57)25-55)34-13-15-52(24-34)33-8-4-6-30(20-33)49-44(58)39-22-36-38(46)12-10-28(2)43(36)50-39/h9-12,29-34,39,47-48,50,55H,3-8,13-26H2,1-2H3,(H,49,58)/t29-,30-,31?,32-,33+,34?,39?/m1/s1. The lowest BCUT2D eigenvalue weighted by molar-refractivity contribution is -0.143. The van der Waals surface area contributed by atoms with Crippen LogP contribution in [0, 0.1) is 25.5 Å². The van der Waals surface area contributed by atoms with E-state index in [9.17, 15) is 28.3 Å². The number of hydrogen-bond acceptors (Lipinski definition) is 9. The molecule has 3 amide bonds. The molecule has 14 heteroatoms. The highest BCUT2D eigenvalue weighted by Crippen LogP contribution is 2.34. The number of nitrogens with one attached hydrogen (secondary N) is 4. The first-order valence-corrected chi connectivity index (χ1v) is 21.8. The Morgan fingerprint density at radius 2 is 1.50 bits per heavy atom. The van der Waals surface area contributed by atoms with Crippen molar-refractivity contribution in [1.29, 1.82) is 0 Å². The summed E-state index contributed by atoms with van der Waals surface area (Å²) in [4.78, 5) is 48.6. The minimum atomic E-state index is -0.599. The first-order valence-electron chi connectivity index (χ1n) is 21.8. The molecule has 12 nitrogen and oxygen atoms in total. The fourth-order valence-electron chi connectivity index (χ4n) is 10.8.